The van der Waals surface area contributed by atoms with Crippen molar-refractivity contribution in [3.63, 3.8) is 0 Å². The maximum Gasteiger partial charge on any atom is 0.0465 e. The number of hydrogen-bond acceptors (Lipinski definition) is 0. The molecule has 0 saturated heterocycles. The summed E-state index contributed by atoms with van der Waals surface area (Å²) in [5.41, 5.74) is 1.18. The first-order valence-corrected chi connectivity index (χ1v) is 5.07. The molecule has 0 atom stereocenters. The van der Waals surface area contributed by atoms with Gasteiger partial charge in [0, 0.05) is 25.1 Å². The van der Waals surface area contributed by atoms with Gasteiger partial charge in [-0.1, -0.05) is 0 Å². The first-order valence-electron chi connectivity index (χ1n) is 3.19. The second kappa shape index (κ2) is 2.79. The number of aromatic nitrogens is 1. The largest absolute Gasteiger partial charge is 0.361 e. The van der Waals surface area contributed by atoms with Crippen LogP contribution in [0.1, 0.15) is 0 Å². The Bertz CT molecular complexity index is 358. The summed E-state index contributed by atoms with van der Waals surface area (Å²) in [6, 6.07) is 6.32. The summed E-state index contributed by atoms with van der Waals surface area (Å²) in [6.45, 7) is 0. The third-order valence-electron chi connectivity index (χ3n) is 1.59. The monoisotopic (exact) mass is 321 g/mol. The van der Waals surface area contributed by atoms with Crippen LogP contribution in [0.15, 0.2) is 28.9 Å². The van der Waals surface area contributed by atoms with Crippen LogP contribution in [0.25, 0.3) is 10.9 Å². The van der Waals surface area contributed by atoms with Crippen molar-refractivity contribution in [2.45, 2.75) is 0 Å². The molecule has 0 bridgehead atoms. The summed E-state index contributed by atoms with van der Waals surface area (Å²) in [5.74, 6) is 0. The molecule has 0 aliphatic carbocycles. The molecule has 0 radical (unpaired) electrons. The molecule has 0 saturated carbocycles. The van der Waals surface area contributed by atoms with Crippen molar-refractivity contribution in [3.8, 4) is 0 Å². The number of aromatic amines is 1. The molecule has 3 heteroatoms. The number of rotatable bonds is 0. The van der Waals surface area contributed by atoms with E-state index < -0.39 is 0 Å². The zero-order chi connectivity index (χ0) is 7.84. The van der Waals surface area contributed by atoms with Crippen molar-refractivity contribution in [2.75, 3.05) is 0 Å². The van der Waals surface area contributed by atoms with Gasteiger partial charge in [-0.15, -0.1) is 0 Å². The standard InChI is InChI=1S/C8H5BrIN/c9-6-4-8-5(1-2-11-8)3-7(6)10/h1-4,11H. The van der Waals surface area contributed by atoms with Crippen LogP contribution in [-0.2, 0) is 0 Å². The Kier molecular flexibility index (Phi) is 1.93. The van der Waals surface area contributed by atoms with Crippen LogP contribution in [0.2, 0.25) is 0 Å². The zero-order valence-corrected chi connectivity index (χ0v) is 9.31. The van der Waals surface area contributed by atoms with Gasteiger partial charge in [-0.05, 0) is 56.7 Å². The zero-order valence-electron chi connectivity index (χ0n) is 5.57. The fourth-order valence-electron chi connectivity index (χ4n) is 1.05. The minimum atomic E-state index is 1.15. The van der Waals surface area contributed by atoms with E-state index in [0.29, 0.717) is 0 Å². The van der Waals surface area contributed by atoms with Crippen molar-refractivity contribution < 1.29 is 0 Å². The first kappa shape index (κ1) is 7.61. The summed E-state index contributed by atoms with van der Waals surface area (Å²) < 4.78 is 2.39. The maximum absolute atomic E-state index is 3.47. The van der Waals surface area contributed by atoms with Gasteiger partial charge in [0.15, 0.2) is 0 Å². The molecule has 0 fully saturated rings. The molecule has 0 amide bonds. The molecule has 2 aromatic rings. The molecule has 11 heavy (non-hydrogen) atoms. The van der Waals surface area contributed by atoms with E-state index >= 15 is 0 Å². The van der Waals surface area contributed by atoms with Gasteiger partial charge < -0.3 is 4.98 Å². The minimum absolute atomic E-state index is 1.15. The van der Waals surface area contributed by atoms with Crippen LogP contribution in [0, 0.1) is 3.57 Å². The Morgan fingerprint density at radius 1 is 1.36 bits per heavy atom. The van der Waals surface area contributed by atoms with Gasteiger partial charge in [0.05, 0.1) is 0 Å². The van der Waals surface area contributed by atoms with E-state index in [1.165, 1.54) is 14.5 Å². The number of benzene rings is 1. The second-order valence-electron chi connectivity index (χ2n) is 2.33. The van der Waals surface area contributed by atoms with Crippen molar-refractivity contribution in [1.29, 1.82) is 0 Å². The number of hydrogen-bond donors (Lipinski definition) is 1. The van der Waals surface area contributed by atoms with Gasteiger partial charge in [-0.3, -0.25) is 0 Å². The molecule has 0 aliphatic rings. The maximum atomic E-state index is 3.47. The fourth-order valence-corrected chi connectivity index (χ4v) is 1.88. The average molecular weight is 322 g/mol. The second-order valence-corrected chi connectivity index (χ2v) is 4.35. The Morgan fingerprint density at radius 3 is 3.00 bits per heavy atom. The highest BCUT2D eigenvalue weighted by molar-refractivity contribution is 14.1. The van der Waals surface area contributed by atoms with E-state index in [9.17, 15) is 0 Å². The molecule has 1 aromatic heterocycles. The van der Waals surface area contributed by atoms with E-state index in [1.54, 1.807) is 0 Å². The lowest BCUT2D eigenvalue weighted by Crippen LogP contribution is -1.74. The summed E-state index contributed by atoms with van der Waals surface area (Å²) in [5, 5.41) is 1.26. The predicted octanol–water partition coefficient (Wildman–Crippen LogP) is 3.54. The molecule has 2 rings (SSSR count). The van der Waals surface area contributed by atoms with E-state index in [0.717, 1.165) is 4.47 Å². The summed E-state index contributed by atoms with van der Waals surface area (Å²) in [6.07, 6.45) is 1.95. The minimum Gasteiger partial charge on any atom is -0.361 e. The fraction of sp³-hybridized carbons (Fsp3) is 0. The van der Waals surface area contributed by atoms with Crippen molar-refractivity contribution in [2.24, 2.45) is 0 Å². The molecule has 0 aliphatic heterocycles. The van der Waals surface area contributed by atoms with Crippen LogP contribution in [-0.4, -0.2) is 4.98 Å². The Labute approximate surface area is 86.5 Å². The average Bonchev–Trinajstić information content (AvgIpc) is 2.36. The Balaban J connectivity index is 2.86. The van der Waals surface area contributed by atoms with Crippen LogP contribution >= 0.6 is 38.5 Å². The van der Waals surface area contributed by atoms with Crippen molar-refractivity contribution in [1.82, 2.24) is 4.98 Å². The summed E-state index contributed by atoms with van der Waals surface area (Å²) in [4.78, 5) is 3.15. The highest BCUT2D eigenvalue weighted by atomic mass is 127. The molecular formula is C8H5BrIN. The van der Waals surface area contributed by atoms with Crippen LogP contribution in [0.3, 0.4) is 0 Å². The van der Waals surface area contributed by atoms with E-state index in [1.807, 2.05) is 6.20 Å². The van der Waals surface area contributed by atoms with Gasteiger partial charge in [0.25, 0.3) is 0 Å². The number of halogens is 2. The van der Waals surface area contributed by atoms with E-state index in [4.69, 9.17) is 0 Å². The third-order valence-corrected chi connectivity index (χ3v) is 3.88. The van der Waals surface area contributed by atoms with E-state index in [2.05, 4.69) is 61.7 Å². The van der Waals surface area contributed by atoms with Crippen LogP contribution < -0.4 is 0 Å². The number of nitrogens with one attached hydrogen (secondary N) is 1. The predicted molar refractivity (Wildman–Crippen MR) is 58.7 cm³/mol. The van der Waals surface area contributed by atoms with E-state index in [-0.39, 0.29) is 0 Å². The Hall–Kier alpha value is -0.0300. The number of H-pyrrole nitrogens is 1. The lowest BCUT2D eigenvalue weighted by molar-refractivity contribution is 1.47. The van der Waals surface area contributed by atoms with Crippen molar-refractivity contribution in [3.05, 3.63) is 32.4 Å². The lowest BCUT2D eigenvalue weighted by Gasteiger charge is -1.95. The van der Waals surface area contributed by atoms with Crippen molar-refractivity contribution >= 4 is 49.4 Å². The van der Waals surface area contributed by atoms with Gasteiger partial charge in [0.1, 0.15) is 0 Å². The SMILES string of the molecule is Brc1cc2[nH]ccc2cc1I. The highest BCUT2D eigenvalue weighted by Crippen LogP contribution is 2.24. The van der Waals surface area contributed by atoms with Gasteiger partial charge in [-0.2, -0.15) is 0 Å². The lowest BCUT2D eigenvalue weighted by atomic mass is 10.3. The van der Waals surface area contributed by atoms with Crippen LogP contribution in [0.4, 0.5) is 0 Å². The summed E-state index contributed by atoms with van der Waals surface area (Å²) >= 11 is 5.78. The van der Waals surface area contributed by atoms with Gasteiger partial charge in [0.2, 0.25) is 0 Å². The molecule has 1 N–H and O–H groups in total. The summed E-state index contributed by atoms with van der Waals surface area (Å²) in [7, 11) is 0. The molecule has 0 spiro atoms. The quantitative estimate of drug-likeness (QED) is 0.714. The topological polar surface area (TPSA) is 15.8 Å². The first-order chi connectivity index (χ1) is 5.27. The van der Waals surface area contributed by atoms with Gasteiger partial charge in [-0.25, -0.2) is 0 Å². The normalized spacial score (nSPS) is 10.7. The third kappa shape index (κ3) is 1.31. The highest BCUT2D eigenvalue weighted by Gasteiger charge is 1.99. The molecule has 0 unspecified atom stereocenters. The molecule has 56 valence electrons. The molecule has 1 aromatic carbocycles. The number of fused-ring (bicyclic) bond motifs is 1. The molecule has 1 heterocycles. The smallest absolute Gasteiger partial charge is 0.0465 e. The van der Waals surface area contributed by atoms with Crippen LogP contribution in [0.5, 0.6) is 0 Å². The van der Waals surface area contributed by atoms with Gasteiger partial charge >= 0.3 is 0 Å². The molecular weight excluding hydrogens is 317 g/mol. The molecule has 1 nitrogen and oxygen atoms in total. The Morgan fingerprint density at radius 2 is 2.18 bits per heavy atom.